The first-order valence-corrected chi connectivity index (χ1v) is 7.14. The second kappa shape index (κ2) is 6.16. The molecule has 4 heteroatoms. The van der Waals surface area contributed by atoms with E-state index in [-0.39, 0.29) is 0 Å². The van der Waals surface area contributed by atoms with Crippen LogP contribution in [0.1, 0.15) is 11.1 Å². The smallest absolute Gasteiger partial charge is 0.231 e. The van der Waals surface area contributed by atoms with Gasteiger partial charge in [0, 0.05) is 17.0 Å². The monoisotopic (exact) mass is 290 g/mol. The van der Waals surface area contributed by atoms with Crippen LogP contribution in [0, 0.1) is 0 Å². The van der Waals surface area contributed by atoms with Gasteiger partial charge in [-0.15, -0.1) is 0 Å². The maximum atomic E-state index is 5.87. The second-order valence-corrected chi connectivity index (χ2v) is 5.28. The van der Waals surface area contributed by atoms with Gasteiger partial charge in [-0.05, 0) is 35.9 Å². The molecule has 0 radical (unpaired) electrons. The summed E-state index contributed by atoms with van der Waals surface area (Å²) in [6.45, 7) is 2.33. The summed E-state index contributed by atoms with van der Waals surface area (Å²) >= 11 is 5.87. The fraction of sp³-hybridized carbons (Fsp3) is 0.250. The zero-order valence-electron chi connectivity index (χ0n) is 11.1. The summed E-state index contributed by atoms with van der Waals surface area (Å²) in [5.74, 6) is 1.70. The number of hydrogen-bond acceptors (Lipinski definition) is 2. The number of fused-ring (bicyclic) bond motifs is 1. The highest BCUT2D eigenvalue weighted by Gasteiger charge is 2.13. The van der Waals surface area contributed by atoms with Crippen LogP contribution in [0.3, 0.4) is 0 Å². The molecule has 2 aromatic rings. The van der Waals surface area contributed by atoms with E-state index in [2.05, 4.69) is 29.6 Å². The lowest BCUT2D eigenvalue weighted by atomic mass is 10.1. The van der Waals surface area contributed by atoms with E-state index in [4.69, 9.17) is 21.1 Å². The molecule has 0 fully saturated rings. The quantitative estimate of drug-likeness (QED) is 0.858. The van der Waals surface area contributed by atoms with Crippen LogP contribution in [-0.2, 0) is 13.0 Å². The maximum absolute atomic E-state index is 5.87. The molecule has 3 nitrogen and oxygen atoms in total. The molecule has 1 aliphatic heterocycles. The lowest BCUT2D eigenvalue weighted by Crippen LogP contribution is -2.83. The summed E-state index contributed by atoms with van der Waals surface area (Å²) in [7, 11) is 0. The van der Waals surface area contributed by atoms with Crippen molar-refractivity contribution >= 4 is 11.6 Å². The Morgan fingerprint density at radius 3 is 2.55 bits per heavy atom. The molecule has 0 aliphatic carbocycles. The summed E-state index contributed by atoms with van der Waals surface area (Å²) in [5.41, 5.74) is 2.57. The van der Waals surface area contributed by atoms with Gasteiger partial charge in [-0.2, -0.15) is 0 Å². The molecule has 0 amide bonds. The van der Waals surface area contributed by atoms with Crippen molar-refractivity contribution in [2.45, 2.75) is 13.0 Å². The van der Waals surface area contributed by atoms with Gasteiger partial charge in [0.15, 0.2) is 11.5 Å². The Morgan fingerprint density at radius 2 is 1.70 bits per heavy atom. The van der Waals surface area contributed by atoms with Gasteiger partial charge in [0.25, 0.3) is 0 Å². The first-order valence-electron chi connectivity index (χ1n) is 6.76. The molecular weight excluding hydrogens is 274 g/mol. The molecule has 0 aromatic heterocycles. The fourth-order valence-corrected chi connectivity index (χ4v) is 2.38. The van der Waals surface area contributed by atoms with Crippen LogP contribution in [0.5, 0.6) is 11.5 Å². The van der Waals surface area contributed by atoms with Gasteiger partial charge in [0.05, 0.1) is 6.54 Å². The molecule has 0 unspecified atom stereocenters. The number of hydrogen-bond donors (Lipinski definition) is 1. The lowest BCUT2D eigenvalue weighted by molar-refractivity contribution is -0.670. The number of halogens is 1. The van der Waals surface area contributed by atoms with Gasteiger partial charge in [-0.1, -0.05) is 23.7 Å². The van der Waals surface area contributed by atoms with E-state index in [9.17, 15) is 0 Å². The minimum atomic E-state index is 0.332. The minimum Gasteiger partial charge on any atom is -0.454 e. The summed E-state index contributed by atoms with van der Waals surface area (Å²) in [6, 6.07) is 14.2. The first-order chi connectivity index (χ1) is 9.81. The van der Waals surface area contributed by atoms with Crippen LogP contribution in [0.25, 0.3) is 0 Å². The predicted octanol–water partition coefficient (Wildman–Crippen LogP) is 2.37. The first kappa shape index (κ1) is 13.3. The SMILES string of the molecule is Clc1ccc(CC[NH2+]Cc2ccc3c(c2)OCO3)cc1. The van der Waals surface area contributed by atoms with Crippen LogP contribution >= 0.6 is 11.6 Å². The topological polar surface area (TPSA) is 35.1 Å². The number of rotatable bonds is 5. The van der Waals surface area contributed by atoms with Crippen molar-refractivity contribution in [3.63, 3.8) is 0 Å². The van der Waals surface area contributed by atoms with E-state index < -0.39 is 0 Å². The number of benzene rings is 2. The Bertz CT molecular complexity index is 584. The highest BCUT2D eigenvalue weighted by atomic mass is 35.5. The molecule has 1 heterocycles. The Labute approximate surface area is 123 Å². The number of nitrogens with two attached hydrogens (primary N) is 1. The zero-order valence-corrected chi connectivity index (χ0v) is 11.9. The molecule has 1 aliphatic rings. The third-order valence-corrected chi connectivity index (χ3v) is 3.62. The van der Waals surface area contributed by atoms with Crippen molar-refractivity contribution in [3.8, 4) is 11.5 Å². The average Bonchev–Trinajstić information content (AvgIpc) is 2.93. The summed E-state index contributed by atoms with van der Waals surface area (Å²) < 4.78 is 10.7. The van der Waals surface area contributed by atoms with Gasteiger partial charge >= 0.3 is 0 Å². The van der Waals surface area contributed by atoms with Crippen molar-refractivity contribution in [2.24, 2.45) is 0 Å². The van der Waals surface area contributed by atoms with Crippen LogP contribution in [0.4, 0.5) is 0 Å². The predicted molar refractivity (Wildman–Crippen MR) is 78.2 cm³/mol. The Morgan fingerprint density at radius 1 is 0.950 bits per heavy atom. The van der Waals surface area contributed by atoms with Crippen molar-refractivity contribution in [1.29, 1.82) is 0 Å². The van der Waals surface area contributed by atoms with Crippen LogP contribution < -0.4 is 14.8 Å². The van der Waals surface area contributed by atoms with Crippen molar-refractivity contribution in [3.05, 3.63) is 58.6 Å². The van der Waals surface area contributed by atoms with Crippen LogP contribution in [0.2, 0.25) is 5.02 Å². The molecule has 2 aromatic carbocycles. The van der Waals surface area contributed by atoms with Crippen molar-refractivity contribution in [1.82, 2.24) is 0 Å². The maximum Gasteiger partial charge on any atom is 0.231 e. The van der Waals surface area contributed by atoms with E-state index >= 15 is 0 Å². The van der Waals surface area contributed by atoms with Crippen LogP contribution in [0.15, 0.2) is 42.5 Å². The molecule has 104 valence electrons. The molecular formula is C16H17ClNO2+. The highest BCUT2D eigenvalue weighted by Crippen LogP contribution is 2.32. The zero-order chi connectivity index (χ0) is 13.8. The van der Waals surface area contributed by atoms with Gasteiger partial charge in [-0.25, -0.2) is 0 Å². The summed E-state index contributed by atoms with van der Waals surface area (Å²) in [6.07, 6.45) is 1.04. The third-order valence-electron chi connectivity index (χ3n) is 3.37. The minimum absolute atomic E-state index is 0.332. The van der Waals surface area contributed by atoms with Gasteiger partial charge in [0.2, 0.25) is 6.79 Å². The average molecular weight is 291 g/mol. The van der Waals surface area contributed by atoms with E-state index in [1.165, 1.54) is 11.1 Å². The molecule has 0 spiro atoms. The van der Waals surface area contributed by atoms with Gasteiger partial charge in [0.1, 0.15) is 6.54 Å². The van der Waals surface area contributed by atoms with E-state index in [1.54, 1.807) is 0 Å². The standard InChI is InChI=1S/C16H16ClNO2/c17-14-4-1-12(2-5-14)7-8-18-10-13-3-6-15-16(9-13)20-11-19-15/h1-6,9,18H,7-8,10-11H2/p+1. The molecule has 0 saturated carbocycles. The highest BCUT2D eigenvalue weighted by molar-refractivity contribution is 6.30. The Hall–Kier alpha value is -1.71. The molecule has 20 heavy (non-hydrogen) atoms. The van der Waals surface area contributed by atoms with Crippen molar-refractivity contribution < 1.29 is 14.8 Å². The Kier molecular flexibility index (Phi) is 4.09. The molecule has 0 bridgehead atoms. The summed E-state index contributed by atoms with van der Waals surface area (Å²) in [4.78, 5) is 0. The molecule has 0 saturated heterocycles. The van der Waals surface area contributed by atoms with Crippen molar-refractivity contribution in [2.75, 3.05) is 13.3 Å². The number of quaternary nitrogens is 1. The van der Waals surface area contributed by atoms with E-state index in [1.807, 2.05) is 18.2 Å². The lowest BCUT2D eigenvalue weighted by Gasteiger charge is -2.04. The number of ether oxygens (including phenoxy) is 2. The van der Waals surface area contributed by atoms with E-state index in [0.717, 1.165) is 36.0 Å². The van der Waals surface area contributed by atoms with Crippen LogP contribution in [-0.4, -0.2) is 13.3 Å². The fourth-order valence-electron chi connectivity index (χ4n) is 2.26. The largest absolute Gasteiger partial charge is 0.454 e. The summed E-state index contributed by atoms with van der Waals surface area (Å²) in [5, 5.41) is 3.09. The molecule has 0 atom stereocenters. The normalized spacial score (nSPS) is 12.7. The van der Waals surface area contributed by atoms with Gasteiger partial charge < -0.3 is 14.8 Å². The molecule has 3 rings (SSSR count). The Balaban J connectivity index is 1.47. The van der Waals surface area contributed by atoms with E-state index in [0.29, 0.717) is 6.79 Å². The van der Waals surface area contributed by atoms with Gasteiger partial charge in [-0.3, -0.25) is 0 Å². The molecule has 2 N–H and O–H groups in total. The third kappa shape index (κ3) is 3.24. The second-order valence-electron chi connectivity index (χ2n) is 4.85.